The lowest BCUT2D eigenvalue weighted by Crippen LogP contribution is -2.47. The van der Waals surface area contributed by atoms with E-state index in [0.717, 1.165) is 16.7 Å². The zero-order chi connectivity index (χ0) is 22.7. The van der Waals surface area contributed by atoms with Crippen LogP contribution in [0.25, 0.3) is 11.1 Å². The Balaban J connectivity index is 1.67. The molecule has 0 spiro atoms. The molecule has 8 nitrogen and oxygen atoms in total. The van der Waals surface area contributed by atoms with E-state index in [1.54, 1.807) is 4.90 Å². The van der Waals surface area contributed by atoms with Crippen molar-refractivity contribution in [3.05, 3.63) is 76.5 Å². The van der Waals surface area contributed by atoms with Crippen LogP contribution in [0.3, 0.4) is 0 Å². The first-order chi connectivity index (χ1) is 15.4. The molecule has 4 rings (SSSR count). The Labute approximate surface area is 186 Å². The van der Waals surface area contributed by atoms with E-state index in [0.29, 0.717) is 19.4 Å². The molecule has 0 bridgehead atoms. The Morgan fingerprint density at radius 2 is 1.84 bits per heavy atom. The Morgan fingerprint density at radius 3 is 2.53 bits per heavy atom. The Hall–Kier alpha value is -3.68. The number of carbonyl (C=O) groups is 2. The zero-order valence-corrected chi connectivity index (χ0v) is 18.2. The zero-order valence-electron chi connectivity index (χ0n) is 18.2. The molecular weight excluding hydrogens is 406 g/mol. The topological polar surface area (TPSA) is 111 Å². The first-order valence-corrected chi connectivity index (χ1v) is 10.8. The van der Waals surface area contributed by atoms with Gasteiger partial charge in [0, 0.05) is 19.1 Å². The quantitative estimate of drug-likeness (QED) is 0.554. The third-order valence-corrected chi connectivity index (χ3v) is 5.88. The van der Waals surface area contributed by atoms with Crippen LogP contribution < -0.4 is 11.0 Å². The van der Waals surface area contributed by atoms with Crippen LogP contribution in [0.4, 0.5) is 0 Å². The number of nitrogens with zero attached hydrogens (tertiary/aromatic N) is 2. The van der Waals surface area contributed by atoms with Gasteiger partial charge in [-0.25, -0.2) is 9.89 Å². The van der Waals surface area contributed by atoms with Crippen LogP contribution >= 0.6 is 0 Å². The number of benzene rings is 2. The van der Waals surface area contributed by atoms with Crippen molar-refractivity contribution in [2.24, 2.45) is 5.41 Å². The van der Waals surface area contributed by atoms with E-state index in [2.05, 4.69) is 38.7 Å². The van der Waals surface area contributed by atoms with Crippen LogP contribution in [0.15, 0.2) is 59.4 Å². The van der Waals surface area contributed by atoms with Crippen molar-refractivity contribution in [3.63, 3.8) is 0 Å². The predicted octanol–water partition coefficient (Wildman–Crippen LogP) is 2.36. The van der Waals surface area contributed by atoms with Gasteiger partial charge in [0.05, 0.1) is 5.41 Å². The van der Waals surface area contributed by atoms with Gasteiger partial charge in [-0.05, 0) is 43.4 Å². The molecule has 8 heteroatoms. The van der Waals surface area contributed by atoms with Crippen molar-refractivity contribution in [2.75, 3.05) is 13.1 Å². The standard InChI is InChI=1S/C24H27N5O3/c1-16(2)25-22(31)24(12-13-29(15-24)21(30)20-26-23(32)28-27-20)14-18-10-6-7-11-19(18)17-8-4-3-5-9-17/h3-11,16H,12-15H2,1-2H3,(H,25,31)(H2,26,27,28,32)/t24-/m1/s1. The van der Waals surface area contributed by atoms with Crippen LogP contribution in [0.2, 0.25) is 0 Å². The van der Waals surface area contributed by atoms with Crippen LogP contribution in [-0.4, -0.2) is 51.0 Å². The third kappa shape index (κ3) is 4.34. The summed E-state index contributed by atoms with van der Waals surface area (Å²) in [6, 6.07) is 18.1. The van der Waals surface area contributed by atoms with Gasteiger partial charge in [-0.2, -0.15) is 0 Å². The second-order valence-corrected chi connectivity index (χ2v) is 8.61. The van der Waals surface area contributed by atoms with E-state index in [9.17, 15) is 14.4 Å². The third-order valence-electron chi connectivity index (χ3n) is 5.88. The number of hydrogen-bond acceptors (Lipinski definition) is 4. The largest absolute Gasteiger partial charge is 0.353 e. The molecule has 1 aliphatic heterocycles. The molecule has 0 radical (unpaired) electrons. The lowest BCUT2D eigenvalue weighted by atomic mass is 9.78. The van der Waals surface area contributed by atoms with Crippen molar-refractivity contribution >= 4 is 11.8 Å². The number of nitrogens with one attached hydrogen (secondary N) is 3. The summed E-state index contributed by atoms with van der Waals surface area (Å²) in [6.45, 7) is 4.51. The summed E-state index contributed by atoms with van der Waals surface area (Å²) in [5, 5.41) is 9.03. The highest BCUT2D eigenvalue weighted by Gasteiger charge is 2.47. The first-order valence-electron chi connectivity index (χ1n) is 10.8. The number of rotatable bonds is 6. The summed E-state index contributed by atoms with van der Waals surface area (Å²) in [7, 11) is 0. The first kappa shape index (κ1) is 21.5. The highest BCUT2D eigenvalue weighted by atomic mass is 16.2. The fourth-order valence-electron chi connectivity index (χ4n) is 4.33. The van der Waals surface area contributed by atoms with E-state index >= 15 is 0 Å². The fraction of sp³-hybridized carbons (Fsp3) is 0.333. The van der Waals surface area contributed by atoms with Gasteiger partial charge in [0.2, 0.25) is 11.7 Å². The van der Waals surface area contributed by atoms with Gasteiger partial charge in [-0.15, -0.1) is 5.10 Å². The molecule has 166 valence electrons. The molecule has 2 aromatic carbocycles. The number of hydrogen-bond donors (Lipinski definition) is 3. The van der Waals surface area contributed by atoms with Gasteiger partial charge >= 0.3 is 5.69 Å². The van der Waals surface area contributed by atoms with Gasteiger partial charge in [0.15, 0.2) is 0 Å². The van der Waals surface area contributed by atoms with Crippen LogP contribution in [0.1, 0.15) is 36.5 Å². The Morgan fingerprint density at radius 1 is 1.12 bits per heavy atom. The van der Waals surface area contributed by atoms with Gasteiger partial charge in [0.1, 0.15) is 0 Å². The Kier molecular flexibility index (Phi) is 5.94. The maximum absolute atomic E-state index is 13.4. The van der Waals surface area contributed by atoms with Crippen LogP contribution in [0, 0.1) is 5.41 Å². The van der Waals surface area contributed by atoms with Gasteiger partial charge < -0.3 is 10.2 Å². The average Bonchev–Trinajstić information content (AvgIpc) is 3.41. The van der Waals surface area contributed by atoms with Crippen molar-refractivity contribution < 1.29 is 9.59 Å². The van der Waals surface area contributed by atoms with E-state index in [-0.39, 0.29) is 30.2 Å². The average molecular weight is 434 g/mol. The molecule has 1 fully saturated rings. The maximum Gasteiger partial charge on any atom is 0.341 e. The molecule has 1 atom stereocenters. The second kappa shape index (κ2) is 8.82. The van der Waals surface area contributed by atoms with E-state index in [1.165, 1.54) is 0 Å². The molecule has 0 saturated carbocycles. The van der Waals surface area contributed by atoms with Crippen molar-refractivity contribution in [1.82, 2.24) is 25.4 Å². The smallest absolute Gasteiger partial charge is 0.341 e. The lowest BCUT2D eigenvalue weighted by molar-refractivity contribution is -0.130. The molecule has 0 aliphatic carbocycles. The highest BCUT2D eigenvalue weighted by molar-refractivity contribution is 5.92. The van der Waals surface area contributed by atoms with Crippen molar-refractivity contribution in [3.8, 4) is 11.1 Å². The van der Waals surface area contributed by atoms with Gasteiger partial charge in [0.25, 0.3) is 5.91 Å². The van der Waals surface area contributed by atoms with Gasteiger partial charge in [-0.3, -0.25) is 14.6 Å². The van der Waals surface area contributed by atoms with Crippen molar-refractivity contribution in [1.29, 1.82) is 0 Å². The molecule has 1 aliphatic rings. The molecule has 3 N–H and O–H groups in total. The van der Waals surface area contributed by atoms with Crippen LogP contribution in [-0.2, 0) is 11.2 Å². The summed E-state index contributed by atoms with van der Waals surface area (Å²) < 4.78 is 0. The van der Waals surface area contributed by atoms with E-state index in [4.69, 9.17) is 0 Å². The normalized spacial score (nSPS) is 18.2. The number of carbonyl (C=O) groups excluding carboxylic acids is 2. The second-order valence-electron chi connectivity index (χ2n) is 8.61. The SMILES string of the molecule is CC(C)NC(=O)[C@@]1(Cc2ccccc2-c2ccccc2)CCN(C(=O)c2n[nH]c(=O)[nH]2)C1. The molecular formula is C24H27N5O3. The monoisotopic (exact) mass is 433 g/mol. The lowest BCUT2D eigenvalue weighted by Gasteiger charge is -2.30. The summed E-state index contributed by atoms with van der Waals surface area (Å²) in [6.07, 6.45) is 1.02. The molecule has 2 amide bonds. The highest BCUT2D eigenvalue weighted by Crippen LogP contribution is 2.38. The van der Waals surface area contributed by atoms with Crippen molar-refractivity contribution in [2.45, 2.75) is 32.7 Å². The molecule has 1 saturated heterocycles. The van der Waals surface area contributed by atoms with E-state index in [1.807, 2.05) is 50.2 Å². The summed E-state index contributed by atoms with van der Waals surface area (Å²) in [5.41, 5.74) is 1.91. The molecule has 2 heterocycles. The minimum Gasteiger partial charge on any atom is -0.353 e. The molecule has 32 heavy (non-hydrogen) atoms. The number of amides is 2. The molecule has 3 aromatic rings. The van der Waals surface area contributed by atoms with Gasteiger partial charge in [-0.1, -0.05) is 54.6 Å². The number of aromatic nitrogens is 3. The number of H-pyrrole nitrogens is 2. The number of likely N-dealkylation sites (tertiary alicyclic amines) is 1. The molecule has 1 aromatic heterocycles. The molecule has 0 unspecified atom stereocenters. The summed E-state index contributed by atoms with van der Waals surface area (Å²) in [5.74, 6) is -0.500. The fourth-order valence-corrected chi connectivity index (χ4v) is 4.33. The Bertz CT molecular complexity index is 1170. The number of aromatic amines is 2. The minimum atomic E-state index is -0.776. The maximum atomic E-state index is 13.4. The predicted molar refractivity (Wildman–Crippen MR) is 121 cm³/mol. The minimum absolute atomic E-state index is 0.0174. The van der Waals surface area contributed by atoms with Crippen LogP contribution in [0.5, 0.6) is 0 Å². The van der Waals surface area contributed by atoms with E-state index < -0.39 is 11.1 Å². The summed E-state index contributed by atoms with van der Waals surface area (Å²) >= 11 is 0. The summed E-state index contributed by atoms with van der Waals surface area (Å²) in [4.78, 5) is 41.7.